The average Bonchev–Trinajstić information content (AvgIpc) is 3.12. The first-order valence-corrected chi connectivity index (χ1v) is 7.79. The molecule has 0 aliphatic rings. The smallest absolute Gasteiger partial charge is 0.295 e. The number of aryl methyl sites for hydroxylation is 2. The number of carbonyl (C=O) groups is 1. The van der Waals surface area contributed by atoms with Gasteiger partial charge in [-0.1, -0.05) is 23.5 Å². The third kappa shape index (κ3) is 2.33. The van der Waals surface area contributed by atoms with Gasteiger partial charge < -0.3 is 0 Å². The van der Waals surface area contributed by atoms with E-state index in [0.717, 1.165) is 21.5 Å². The summed E-state index contributed by atoms with van der Waals surface area (Å²) in [6.07, 6.45) is 1.64. The van der Waals surface area contributed by atoms with Crippen LogP contribution in [-0.4, -0.2) is 30.5 Å². The van der Waals surface area contributed by atoms with E-state index in [2.05, 4.69) is 25.4 Å². The number of hydrogen-bond donors (Lipinski definition) is 1. The first-order valence-electron chi connectivity index (χ1n) is 6.98. The van der Waals surface area contributed by atoms with Crippen LogP contribution in [-0.2, 0) is 0 Å². The van der Waals surface area contributed by atoms with Crippen LogP contribution in [0.4, 0.5) is 5.13 Å². The molecule has 0 bridgehead atoms. The maximum absolute atomic E-state index is 12.3. The highest BCUT2D eigenvalue weighted by Crippen LogP contribution is 2.28. The molecule has 4 aromatic rings. The van der Waals surface area contributed by atoms with Gasteiger partial charge in [-0.25, -0.2) is 14.5 Å². The van der Waals surface area contributed by atoms with E-state index in [1.165, 1.54) is 15.9 Å². The normalized spacial score (nSPS) is 11.2. The summed E-state index contributed by atoms with van der Waals surface area (Å²) in [6, 6.07) is 7.75. The maximum Gasteiger partial charge on any atom is 0.297 e. The molecule has 4 rings (SSSR count). The third-order valence-electron chi connectivity index (χ3n) is 3.47. The number of nitrogens with zero attached hydrogens (tertiary/aromatic N) is 5. The van der Waals surface area contributed by atoms with Gasteiger partial charge in [-0.05, 0) is 31.5 Å². The molecule has 3 heterocycles. The van der Waals surface area contributed by atoms with Crippen molar-refractivity contribution in [2.24, 2.45) is 0 Å². The van der Waals surface area contributed by atoms with Gasteiger partial charge in [0.1, 0.15) is 0 Å². The number of nitrogens with one attached hydrogen (secondary N) is 1. The third-order valence-corrected chi connectivity index (χ3v) is 4.41. The van der Waals surface area contributed by atoms with Gasteiger partial charge in [0.15, 0.2) is 5.13 Å². The van der Waals surface area contributed by atoms with Crippen LogP contribution in [0, 0.1) is 13.8 Å². The Morgan fingerprint density at radius 3 is 2.87 bits per heavy atom. The minimum absolute atomic E-state index is 0.0720. The molecule has 1 N–H and O–H groups in total. The number of aromatic nitrogens is 5. The summed E-state index contributed by atoms with van der Waals surface area (Å²) in [5.74, 6) is 0.0738. The largest absolute Gasteiger partial charge is 0.297 e. The van der Waals surface area contributed by atoms with E-state index < -0.39 is 5.91 Å². The van der Waals surface area contributed by atoms with Crippen LogP contribution >= 0.6 is 11.3 Å². The molecular weight excluding hydrogens is 312 g/mol. The van der Waals surface area contributed by atoms with E-state index in [1.54, 1.807) is 12.3 Å². The van der Waals surface area contributed by atoms with Crippen molar-refractivity contribution in [2.75, 3.05) is 5.32 Å². The van der Waals surface area contributed by atoms with Crippen LogP contribution in [0.2, 0.25) is 0 Å². The molecule has 0 radical (unpaired) electrons. The summed E-state index contributed by atoms with van der Waals surface area (Å²) >= 11 is 1.42. The van der Waals surface area contributed by atoms with Crippen molar-refractivity contribution in [3.63, 3.8) is 0 Å². The average molecular weight is 324 g/mol. The van der Waals surface area contributed by atoms with Gasteiger partial charge in [-0.15, -0.1) is 5.10 Å². The molecule has 0 atom stereocenters. The predicted molar refractivity (Wildman–Crippen MR) is 87.8 cm³/mol. The van der Waals surface area contributed by atoms with Crippen LogP contribution in [0.25, 0.3) is 16.0 Å². The lowest BCUT2D eigenvalue weighted by molar-refractivity contribution is 0.101. The van der Waals surface area contributed by atoms with Crippen molar-refractivity contribution >= 4 is 38.4 Å². The van der Waals surface area contributed by atoms with Gasteiger partial charge in [-0.3, -0.25) is 10.1 Å². The number of carbonyl (C=O) groups excluding carboxylic acids is 1. The Morgan fingerprint density at radius 2 is 2.09 bits per heavy atom. The molecule has 1 aromatic carbocycles. The lowest BCUT2D eigenvalue weighted by Gasteiger charge is -1.95. The van der Waals surface area contributed by atoms with Crippen molar-refractivity contribution in [2.45, 2.75) is 13.8 Å². The van der Waals surface area contributed by atoms with E-state index in [-0.39, 0.29) is 5.82 Å². The van der Waals surface area contributed by atoms with E-state index >= 15 is 0 Å². The van der Waals surface area contributed by atoms with Gasteiger partial charge in [0, 0.05) is 11.9 Å². The number of fused-ring (bicyclic) bond motifs is 2. The highest BCUT2D eigenvalue weighted by molar-refractivity contribution is 7.22. The van der Waals surface area contributed by atoms with Crippen molar-refractivity contribution in [3.05, 3.63) is 47.5 Å². The molecule has 7 nitrogen and oxygen atoms in total. The van der Waals surface area contributed by atoms with E-state index in [1.807, 2.05) is 32.0 Å². The molecule has 1 amide bonds. The zero-order valence-electron chi connectivity index (χ0n) is 12.4. The fraction of sp³-hybridized carbons (Fsp3) is 0.133. The molecule has 8 heteroatoms. The van der Waals surface area contributed by atoms with E-state index in [0.29, 0.717) is 10.9 Å². The Morgan fingerprint density at radius 1 is 1.22 bits per heavy atom. The number of anilines is 1. The van der Waals surface area contributed by atoms with Crippen molar-refractivity contribution in [1.29, 1.82) is 0 Å². The van der Waals surface area contributed by atoms with E-state index in [9.17, 15) is 4.79 Å². The SMILES string of the molecule is Cc1cccc2sc(NC(=O)c3nc4nccc(C)n4n3)nc12. The summed E-state index contributed by atoms with van der Waals surface area (Å²) in [4.78, 5) is 25.0. The van der Waals surface area contributed by atoms with Gasteiger partial charge in [0.05, 0.1) is 10.2 Å². The van der Waals surface area contributed by atoms with E-state index in [4.69, 9.17) is 0 Å². The quantitative estimate of drug-likeness (QED) is 0.612. The second-order valence-electron chi connectivity index (χ2n) is 5.13. The van der Waals surface area contributed by atoms with Crippen LogP contribution in [0.15, 0.2) is 30.5 Å². The van der Waals surface area contributed by atoms with Crippen molar-refractivity contribution < 1.29 is 4.79 Å². The molecule has 0 fully saturated rings. The van der Waals surface area contributed by atoms with Gasteiger partial charge in [0.25, 0.3) is 11.7 Å². The van der Waals surface area contributed by atoms with Crippen LogP contribution < -0.4 is 5.32 Å². The van der Waals surface area contributed by atoms with Crippen LogP contribution in [0.3, 0.4) is 0 Å². The van der Waals surface area contributed by atoms with Gasteiger partial charge in [-0.2, -0.15) is 4.98 Å². The molecule has 0 saturated carbocycles. The lowest BCUT2D eigenvalue weighted by atomic mass is 10.2. The first-order chi connectivity index (χ1) is 11.1. The Labute approximate surface area is 135 Å². The zero-order chi connectivity index (χ0) is 16.0. The Bertz CT molecular complexity index is 1050. The first kappa shape index (κ1) is 13.8. The summed E-state index contributed by atoms with van der Waals surface area (Å²) < 4.78 is 2.57. The fourth-order valence-corrected chi connectivity index (χ4v) is 3.23. The molecule has 0 aliphatic carbocycles. The monoisotopic (exact) mass is 324 g/mol. The van der Waals surface area contributed by atoms with Crippen LogP contribution in [0.1, 0.15) is 21.9 Å². The molecule has 0 unspecified atom stereocenters. The Hall–Kier alpha value is -2.87. The number of rotatable bonds is 2. The second kappa shape index (κ2) is 5.10. The zero-order valence-corrected chi connectivity index (χ0v) is 13.3. The number of thiazole rings is 1. The number of benzene rings is 1. The highest BCUT2D eigenvalue weighted by Gasteiger charge is 2.16. The Kier molecular flexibility index (Phi) is 3.05. The fourth-order valence-electron chi connectivity index (χ4n) is 2.30. The Balaban J connectivity index is 1.67. The second-order valence-corrected chi connectivity index (χ2v) is 6.16. The summed E-state index contributed by atoms with van der Waals surface area (Å²) in [6.45, 7) is 3.87. The molecule has 23 heavy (non-hydrogen) atoms. The maximum atomic E-state index is 12.3. The minimum atomic E-state index is -0.397. The lowest BCUT2D eigenvalue weighted by Crippen LogP contribution is -2.13. The molecule has 3 aromatic heterocycles. The molecule has 0 saturated heterocycles. The number of amides is 1. The van der Waals surface area contributed by atoms with Gasteiger partial charge in [0.2, 0.25) is 5.82 Å². The van der Waals surface area contributed by atoms with Crippen LogP contribution in [0.5, 0.6) is 0 Å². The summed E-state index contributed by atoms with van der Waals surface area (Å²) in [5.41, 5.74) is 2.83. The predicted octanol–water partition coefficient (Wildman–Crippen LogP) is 2.60. The molecule has 114 valence electrons. The number of para-hydroxylation sites is 1. The molecule has 0 aliphatic heterocycles. The van der Waals surface area contributed by atoms with Crippen molar-refractivity contribution in [1.82, 2.24) is 24.6 Å². The molecular formula is C15H12N6OS. The highest BCUT2D eigenvalue weighted by atomic mass is 32.1. The summed E-state index contributed by atoms with van der Waals surface area (Å²) in [7, 11) is 0. The summed E-state index contributed by atoms with van der Waals surface area (Å²) in [5, 5.41) is 7.48. The number of hydrogen-bond acceptors (Lipinski definition) is 6. The molecule has 0 spiro atoms. The topological polar surface area (TPSA) is 85.1 Å². The van der Waals surface area contributed by atoms with Gasteiger partial charge >= 0.3 is 0 Å². The standard InChI is InChI=1S/C15H12N6OS/c1-8-4-3-5-10-11(8)17-15(23-10)19-13(22)12-18-14-16-7-6-9(2)21(14)20-12/h3-7H,1-2H3,(H,17,19,22). The minimum Gasteiger partial charge on any atom is -0.295 e. The van der Waals surface area contributed by atoms with Crippen molar-refractivity contribution in [3.8, 4) is 0 Å².